The van der Waals surface area contributed by atoms with E-state index in [2.05, 4.69) is 12.2 Å². The molecule has 0 bridgehead atoms. The largest absolute Gasteiger partial charge is 0.472 e. The molecule has 1 amide bonds. The van der Waals surface area contributed by atoms with Crippen molar-refractivity contribution in [2.45, 2.75) is 155 Å². The van der Waals surface area contributed by atoms with Crippen LogP contribution in [0, 0.1) is 0 Å². The molecule has 0 aliphatic heterocycles. The van der Waals surface area contributed by atoms with Gasteiger partial charge in [0, 0.05) is 39.2 Å². The molecule has 2 atom stereocenters. The molecule has 0 rings (SSSR count). The van der Waals surface area contributed by atoms with E-state index in [4.69, 9.17) is 13.8 Å². The summed E-state index contributed by atoms with van der Waals surface area (Å²) in [5, 5.41) is 2.52. The fraction of sp³-hybridized carbons (Fsp3) is 0.871. The topological polar surface area (TPSA) is 145 Å². The molecule has 0 fully saturated rings. The summed E-state index contributed by atoms with van der Waals surface area (Å²) in [7, 11) is -4.48. The molecule has 42 heavy (non-hydrogen) atoms. The molecule has 10 nitrogen and oxygen atoms in total. The Labute approximate surface area is 254 Å². The summed E-state index contributed by atoms with van der Waals surface area (Å²) in [4.78, 5) is 56.3. The Morgan fingerprint density at radius 1 is 0.714 bits per heavy atom. The lowest BCUT2D eigenvalue weighted by Gasteiger charge is -2.19. The lowest BCUT2D eigenvalue weighted by molar-refractivity contribution is -0.149. The van der Waals surface area contributed by atoms with Crippen molar-refractivity contribution in [1.29, 1.82) is 0 Å². The Morgan fingerprint density at radius 2 is 1.24 bits per heavy atom. The lowest BCUT2D eigenvalue weighted by atomic mass is 10.0. The van der Waals surface area contributed by atoms with Crippen LogP contribution in [-0.4, -0.2) is 54.2 Å². The number of amides is 1. The fourth-order valence-corrected chi connectivity index (χ4v) is 5.32. The Balaban J connectivity index is 3.99. The Morgan fingerprint density at radius 3 is 1.74 bits per heavy atom. The van der Waals surface area contributed by atoms with Gasteiger partial charge in [0.1, 0.15) is 17.7 Å². The number of hydrogen-bond acceptors (Lipinski definition) is 8. The van der Waals surface area contributed by atoms with Crippen LogP contribution in [0.4, 0.5) is 0 Å². The van der Waals surface area contributed by atoms with Gasteiger partial charge in [-0.1, -0.05) is 96.8 Å². The van der Waals surface area contributed by atoms with E-state index in [0.29, 0.717) is 19.3 Å². The van der Waals surface area contributed by atoms with Crippen molar-refractivity contribution in [2.75, 3.05) is 19.8 Å². The summed E-state index contributed by atoms with van der Waals surface area (Å²) in [6.45, 7) is 4.14. The van der Waals surface area contributed by atoms with E-state index < -0.39 is 26.5 Å². The van der Waals surface area contributed by atoms with Crippen molar-refractivity contribution in [3.63, 3.8) is 0 Å². The van der Waals surface area contributed by atoms with Gasteiger partial charge in [0.25, 0.3) is 0 Å². The normalized spacial score (nSPS) is 13.3. The molecule has 0 spiro atoms. The maximum atomic E-state index is 12.4. The van der Waals surface area contributed by atoms with Crippen LogP contribution in [0.1, 0.15) is 149 Å². The molecule has 11 heteroatoms. The molecule has 0 aromatic heterocycles. The molecule has 246 valence electrons. The second-order valence-electron chi connectivity index (χ2n) is 11.2. The minimum atomic E-state index is -4.48. The Hall–Kier alpha value is -1.61. The quantitative estimate of drug-likeness (QED) is 0.0486. The van der Waals surface area contributed by atoms with Crippen LogP contribution in [0.3, 0.4) is 0 Å². The number of nitrogens with one attached hydrogen (secondary N) is 1. The molecule has 0 heterocycles. The van der Waals surface area contributed by atoms with E-state index in [1.807, 2.05) is 0 Å². The van der Waals surface area contributed by atoms with Crippen molar-refractivity contribution in [3.8, 4) is 0 Å². The summed E-state index contributed by atoms with van der Waals surface area (Å²) < 4.78 is 27.0. The summed E-state index contributed by atoms with van der Waals surface area (Å²) in [5.74, 6) is -1.01. The number of ketones is 2. The summed E-state index contributed by atoms with van der Waals surface area (Å²) in [6.07, 6.45) is 18.8. The molecular weight excluding hydrogens is 561 g/mol. The van der Waals surface area contributed by atoms with E-state index in [9.17, 15) is 28.6 Å². The molecular formula is C31H58NO9P. The number of phosphoric acid groups is 1. The van der Waals surface area contributed by atoms with Crippen molar-refractivity contribution in [3.05, 3.63) is 0 Å². The van der Waals surface area contributed by atoms with E-state index in [-0.39, 0.29) is 43.5 Å². The fourth-order valence-electron chi connectivity index (χ4n) is 4.57. The second-order valence-corrected chi connectivity index (χ2v) is 12.6. The van der Waals surface area contributed by atoms with E-state index >= 15 is 0 Å². The van der Waals surface area contributed by atoms with Crippen molar-refractivity contribution in [2.24, 2.45) is 0 Å². The average Bonchev–Trinajstić information content (AvgIpc) is 2.91. The van der Waals surface area contributed by atoms with Gasteiger partial charge in [-0.3, -0.25) is 23.4 Å². The van der Waals surface area contributed by atoms with E-state index in [0.717, 1.165) is 19.3 Å². The zero-order chi connectivity index (χ0) is 31.5. The second kappa shape index (κ2) is 27.0. The van der Waals surface area contributed by atoms with Gasteiger partial charge < -0.3 is 19.7 Å². The van der Waals surface area contributed by atoms with Crippen LogP contribution in [0.2, 0.25) is 0 Å². The SMILES string of the molecule is CCCCCCCCCCCCCCCCCC(=O)CC(COP(=O)(O)OCCNC(=O)CCCC(C)=O)OC(C)=O. The Kier molecular flexibility index (Phi) is 25.9. The van der Waals surface area contributed by atoms with Crippen LogP contribution < -0.4 is 5.32 Å². The third-order valence-corrected chi connectivity index (χ3v) is 7.87. The number of phosphoric ester groups is 1. The van der Waals surface area contributed by atoms with Gasteiger partial charge >= 0.3 is 13.8 Å². The summed E-state index contributed by atoms with van der Waals surface area (Å²) in [5.41, 5.74) is 0. The van der Waals surface area contributed by atoms with Crippen LogP contribution in [0.15, 0.2) is 0 Å². The van der Waals surface area contributed by atoms with Crippen LogP contribution in [-0.2, 0) is 37.5 Å². The van der Waals surface area contributed by atoms with Crippen molar-refractivity contribution in [1.82, 2.24) is 5.32 Å². The zero-order valence-electron chi connectivity index (χ0n) is 26.5. The third-order valence-electron chi connectivity index (χ3n) is 6.88. The van der Waals surface area contributed by atoms with Gasteiger partial charge in [0.05, 0.1) is 13.2 Å². The zero-order valence-corrected chi connectivity index (χ0v) is 27.4. The summed E-state index contributed by atoms with van der Waals surface area (Å²) in [6, 6.07) is 0. The average molecular weight is 620 g/mol. The predicted octanol–water partition coefficient (Wildman–Crippen LogP) is 7.15. The van der Waals surface area contributed by atoms with Gasteiger partial charge in [0.2, 0.25) is 5.91 Å². The van der Waals surface area contributed by atoms with Gasteiger partial charge in [-0.15, -0.1) is 0 Å². The third kappa shape index (κ3) is 28.5. The first-order valence-corrected chi connectivity index (χ1v) is 17.6. The first-order chi connectivity index (χ1) is 20.1. The molecule has 0 aromatic rings. The molecule has 0 aliphatic carbocycles. The maximum Gasteiger partial charge on any atom is 0.472 e. The number of rotatable bonds is 30. The molecule has 0 saturated carbocycles. The highest BCUT2D eigenvalue weighted by molar-refractivity contribution is 7.47. The van der Waals surface area contributed by atoms with E-state index in [1.165, 1.54) is 90.9 Å². The van der Waals surface area contributed by atoms with Crippen molar-refractivity contribution >= 4 is 31.3 Å². The standard InChI is InChI=1S/C31H58NO9P/c1-4-5-6-7-8-9-10-11-12-13-14-15-16-17-18-21-29(35)25-30(41-28(3)34)26-40-42(37,38)39-24-23-32-31(36)22-19-20-27(2)33/h30H,4-26H2,1-3H3,(H,32,36)(H,37,38). The van der Waals surface area contributed by atoms with Crippen LogP contribution >= 0.6 is 7.82 Å². The minimum absolute atomic E-state index is 0.00304. The van der Waals surface area contributed by atoms with Crippen molar-refractivity contribution < 1.29 is 42.4 Å². The monoisotopic (exact) mass is 619 g/mol. The first kappa shape index (κ1) is 40.4. The summed E-state index contributed by atoms with van der Waals surface area (Å²) >= 11 is 0. The highest BCUT2D eigenvalue weighted by Crippen LogP contribution is 2.43. The number of ether oxygens (including phenoxy) is 1. The number of carbonyl (C=O) groups is 4. The van der Waals surface area contributed by atoms with Gasteiger partial charge in [-0.05, 0) is 19.8 Å². The van der Waals surface area contributed by atoms with Gasteiger partial charge in [-0.2, -0.15) is 0 Å². The number of Topliss-reactive ketones (excluding diaryl/α,β-unsaturated/α-hetero) is 2. The molecule has 0 aliphatic rings. The lowest BCUT2D eigenvalue weighted by Crippen LogP contribution is -2.27. The number of esters is 1. The Bertz CT molecular complexity index is 790. The molecule has 2 N–H and O–H groups in total. The number of carbonyl (C=O) groups excluding carboxylic acids is 4. The molecule has 0 radical (unpaired) electrons. The van der Waals surface area contributed by atoms with Gasteiger partial charge in [-0.25, -0.2) is 4.57 Å². The molecule has 2 unspecified atom stereocenters. The predicted molar refractivity (Wildman–Crippen MR) is 164 cm³/mol. The number of hydrogen-bond donors (Lipinski definition) is 2. The minimum Gasteiger partial charge on any atom is -0.460 e. The smallest absolute Gasteiger partial charge is 0.460 e. The molecule has 0 saturated heterocycles. The highest BCUT2D eigenvalue weighted by Gasteiger charge is 2.26. The molecule has 0 aromatic carbocycles. The van der Waals surface area contributed by atoms with Crippen LogP contribution in [0.25, 0.3) is 0 Å². The van der Waals surface area contributed by atoms with Gasteiger partial charge in [0.15, 0.2) is 0 Å². The van der Waals surface area contributed by atoms with Crippen LogP contribution in [0.5, 0.6) is 0 Å². The number of unbranched alkanes of at least 4 members (excludes halogenated alkanes) is 14. The van der Waals surface area contributed by atoms with E-state index in [1.54, 1.807) is 0 Å². The highest BCUT2D eigenvalue weighted by atomic mass is 31.2. The maximum absolute atomic E-state index is 12.4. The first-order valence-electron chi connectivity index (χ1n) is 16.1.